The second-order valence-electron chi connectivity index (χ2n) is 8.29. The molecule has 1 N–H and O–H groups in total. The summed E-state index contributed by atoms with van der Waals surface area (Å²) >= 11 is 0. The third-order valence-electron chi connectivity index (χ3n) is 4.84. The van der Waals surface area contributed by atoms with Gasteiger partial charge in [0.05, 0.1) is 4.90 Å². The van der Waals surface area contributed by atoms with Gasteiger partial charge in [0.25, 0.3) is 0 Å². The predicted molar refractivity (Wildman–Crippen MR) is 117 cm³/mol. The molecule has 0 unspecified atom stereocenters. The maximum absolute atomic E-state index is 13.2. The van der Waals surface area contributed by atoms with Crippen molar-refractivity contribution in [3.8, 4) is 0 Å². The lowest BCUT2D eigenvalue weighted by molar-refractivity contribution is 0.576. The Labute approximate surface area is 167 Å². The molecule has 0 aliphatic carbocycles. The molecule has 0 saturated carbocycles. The molecule has 27 heavy (non-hydrogen) atoms. The maximum atomic E-state index is 13.2. The summed E-state index contributed by atoms with van der Waals surface area (Å²) in [6, 6.07) is 4.17. The first-order valence-electron chi connectivity index (χ1n) is 10.4. The zero-order chi connectivity index (χ0) is 20.6. The van der Waals surface area contributed by atoms with Gasteiger partial charge in [0.15, 0.2) is 0 Å². The van der Waals surface area contributed by atoms with Gasteiger partial charge in [-0.3, -0.25) is 0 Å². The number of unbranched alkanes of at least 4 members (excludes halogenated alkanes) is 2. The maximum Gasteiger partial charge on any atom is 0.241 e. The number of nitrogens with one attached hydrogen (secondary N) is 1. The molecule has 0 amide bonds. The third-order valence-corrected chi connectivity index (χ3v) is 6.44. The van der Waals surface area contributed by atoms with Gasteiger partial charge in [0, 0.05) is 6.54 Å². The van der Waals surface area contributed by atoms with E-state index in [0.717, 1.165) is 24.0 Å². The van der Waals surface area contributed by atoms with Crippen molar-refractivity contribution in [1.29, 1.82) is 0 Å². The molecule has 0 aliphatic heterocycles. The van der Waals surface area contributed by atoms with Gasteiger partial charge in [0.2, 0.25) is 10.0 Å². The molecule has 0 saturated heterocycles. The monoisotopic (exact) mass is 393 g/mol. The number of allylic oxidation sites excluding steroid dienone is 1. The molecule has 0 aliphatic rings. The molecule has 4 heteroatoms. The van der Waals surface area contributed by atoms with Crippen LogP contribution in [-0.2, 0) is 10.0 Å². The van der Waals surface area contributed by atoms with Crippen LogP contribution in [0, 0.1) is 0 Å². The highest BCUT2D eigenvalue weighted by Gasteiger charge is 2.26. The molecule has 0 heterocycles. The molecule has 154 valence electrons. The Bertz CT molecular complexity index is 687. The molecule has 0 fully saturated rings. The van der Waals surface area contributed by atoms with E-state index in [9.17, 15) is 8.42 Å². The lowest BCUT2D eigenvalue weighted by atomic mass is 9.89. The Hall–Kier alpha value is -1.13. The van der Waals surface area contributed by atoms with Crippen molar-refractivity contribution in [2.24, 2.45) is 0 Å². The van der Waals surface area contributed by atoms with Crippen LogP contribution in [0.15, 0.2) is 29.2 Å². The number of hydrogen-bond acceptors (Lipinski definition) is 2. The Morgan fingerprint density at radius 3 is 1.85 bits per heavy atom. The Morgan fingerprint density at radius 1 is 0.889 bits per heavy atom. The van der Waals surface area contributed by atoms with Crippen molar-refractivity contribution in [2.75, 3.05) is 6.54 Å². The summed E-state index contributed by atoms with van der Waals surface area (Å²) in [5.41, 5.74) is 3.06. The zero-order valence-corrected chi connectivity index (χ0v) is 19.1. The molecule has 0 aromatic heterocycles. The average Bonchev–Trinajstić information content (AvgIpc) is 2.59. The van der Waals surface area contributed by atoms with Crippen molar-refractivity contribution in [3.63, 3.8) is 0 Å². The van der Waals surface area contributed by atoms with E-state index in [-0.39, 0.29) is 11.8 Å². The molecule has 1 aromatic carbocycles. The highest BCUT2D eigenvalue weighted by Crippen LogP contribution is 2.34. The van der Waals surface area contributed by atoms with E-state index >= 15 is 0 Å². The number of benzene rings is 1. The van der Waals surface area contributed by atoms with Crippen molar-refractivity contribution < 1.29 is 8.42 Å². The van der Waals surface area contributed by atoms with Gasteiger partial charge in [-0.1, -0.05) is 85.6 Å². The van der Waals surface area contributed by atoms with E-state index in [1.54, 1.807) is 0 Å². The number of sulfonamides is 1. The summed E-state index contributed by atoms with van der Waals surface area (Å²) in [6.07, 6.45) is 8.37. The first-order valence-corrected chi connectivity index (χ1v) is 11.9. The summed E-state index contributed by atoms with van der Waals surface area (Å²) in [7, 11) is -3.54. The first kappa shape index (κ1) is 23.9. The van der Waals surface area contributed by atoms with Gasteiger partial charge in [-0.25, -0.2) is 13.1 Å². The minimum atomic E-state index is -3.54. The highest BCUT2D eigenvalue weighted by molar-refractivity contribution is 7.89. The van der Waals surface area contributed by atoms with Crippen LogP contribution in [0.5, 0.6) is 0 Å². The molecule has 1 rings (SSSR count). The lowest BCUT2D eigenvalue weighted by Crippen LogP contribution is -2.27. The Kier molecular flexibility index (Phi) is 9.75. The fourth-order valence-corrected chi connectivity index (χ4v) is 4.85. The molecular formula is C23H39NO2S. The van der Waals surface area contributed by atoms with Gasteiger partial charge in [-0.15, -0.1) is 0 Å². The van der Waals surface area contributed by atoms with Crippen molar-refractivity contribution in [1.82, 2.24) is 4.72 Å². The van der Waals surface area contributed by atoms with Gasteiger partial charge in [-0.05, 0) is 47.3 Å². The Morgan fingerprint density at radius 2 is 1.41 bits per heavy atom. The SMILES string of the molecule is CCCC/C=C/CCNS(=O)(=O)c1c(C(C)C)cc(C(C)C)cc1C(C)C. The van der Waals surface area contributed by atoms with Crippen LogP contribution >= 0.6 is 0 Å². The summed E-state index contributed by atoms with van der Waals surface area (Å²) in [4.78, 5) is 0.492. The molecule has 0 radical (unpaired) electrons. The zero-order valence-electron chi connectivity index (χ0n) is 18.3. The van der Waals surface area contributed by atoms with Crippen molar-refractivity contribution in [3.05, 3.63) is 41.0 Å². The smallest absolute Gasteiger partial charge is 0.211 e. The third kappa shape index (κ3) is 7.08. The first-order chi connectivity index (χ1) is 12.6. The van der Waals surface area contributed by atoms with Crippen molar-refractivity contribution in [2.45, 2.75) is 96.8 Å². The van der Waals surface area contributed by atoms with E-state index in [1.807, 2.05) is 0 Å². The van der Waals surface area contributed by atoms with Crippen LogP contribution in [-0.4, -0.2) is 15.0 Å². The summed E-state index contributed by atoms with van der Waals surface area (Å²) in [6.45, 7) is 15.2. The van der Waals surface area contributed by atoms with Gasteiger partial charge < -0.3 is 0 Å². The Balaban J connectivity index is 3.15. The summed E-state index contributed by atoms with van der Waals surface area (Å²) in [5.74, 6) is 0.682. The standard InChI is InChI=1S/C23H39NO2S/c1-8-9-10-11-12-13-14-24-27(25,26)23-21(18(4)5)15-20(17(2)3)16-22(23)19(6)7/h11-12,15-19,24H,8-10,13-14H2,1-7H3/b12-11+. The molecule has 1 aromatic rings. The molecule has 0 atom stereocenters. The average molecular weight is 394 g/mol. The largest absolute Gasteiger partial charge is 0.241 e. The second kappa shape index (κ2) is 11.0. The quantitative estimate of drug-likeness (QED) is 0.346. The highest BCUT2D eigenvalue weighted by atomic mass is 32.2. The lowest BCUT2D eigenvalue weighted by Gasteiger charge is -2.22. The number of hydrogen-bond donors (Lipinski definition) is 1. The second-order valence-corrected chi connectivity index (χ2v) is 10.00. The molecular weight excluding hydrogens is 354 g/mol. The summed E-state index contributed by atoms with van der Waals surface area (Å²) < 4.78 is 29.2. The fourth-order valence-electron chi connectivity index (χ4n) is 3.11. The molecule has 3 nitrogen and oxygen atoms in total. The number of rotatable bonds is 11. The van der Waals surface area contributed by atoms with Crippen LogP contribution in [0.4, 0.5) is 0 Å². The topological polar surface area (TPSA) is 46.2 Å². The normalized spacial score (nSPS) is 12.8. The van der Waals surface area contributed by atoms with Gasteiger partial charge in [0.1, 0.15) is 0 Å². The van der Waals surface area contributed by atoms with E-state index < -0.39 is 10.0 Å². The van der Waals surface area contributed by atoms with Crippen LogP contribution in [0.25, 0.3) is 0 Å². The van der Waals surface area contributed by atoms with Crippen LogP contribution in [0.2, 0.25) is 0 Å². The summed E-state index contributed by atoms with van der Waals surface area (Å²) in [5, 5.41) is 0. The van der Waals surface area contributed by atoms with Crippen LogP contribution in [0.1, 0.15) is 109 Å². The predicted octanol–water partition coefficient (Wildman–Crippen LogP) is 6.47. The van der Waals surface area contributed by atoms with E-state index in [1.165, 1.54) is 18.4 Å². The van der Waals surface area contributed by atoms with Crippen LogP contribution < -0.4 is 4.72 Å². The minimum absolute atomic E-state index is 0.154. The van der Waals surface area contributed by atoms with Gasteiger partial charge >= 0.3 is 0 Å². The fraction of sp³-hybridized carbons (Fsp3) is 0.652. The van der Waals surface area contributed by atoms with E-state index in [0.29, 0.717) is 17.4 Å². The van der Waals surface area contributed by atoms with Crippen LogP contribution in [0.3, 0.4) is 0 Å². The van der Waals surface area contributed by atoms with E-state index in [2.05, 4.69) is 77.5 Å². The van der Waals surface area contributed by atoms with E-state index in [4.69, 9.17) is 0 Å². The van der Waals surface area contributed by atoms with Crippen molar-refractivity contribution >= 4 is 10.0 Å². The minimum Gasteiger partial charge on any atom is -0.211 e. The van der Waals surface area contributed by atoms with Gasteiger partial charge in [-0.2, -0.15) is 0 Å². The molecule has 0 bridgehead atoms. The molecule has 0 spiro atoms.